The summed E-state index contributed by atoms with van der Waals surface area (Å²) < 4.78 is 0. The number of likely N-dealkylation sites (tertiary alicyclic amines) is 1. The Labute approximate surface area is 213 Å². The average Bonchev–Trinajstić information content (AvgIpc) is 2.93. The van der Waals surface area contributed by atoms with Gasteiger partial charge in [0.05, 0.1) is 0 Å². The van der Waals surface area contributed by atoms with Gasteiger partial charge in [0.15, 0.2) is 0 Å². The van der Waals surface area contributed by atoms with Crippen molar-refractivity contribution in [3.63, 3.8) is 0 Å². The van der Waals surface area contributed by atoms with Gasteiger partial charge in [-0.05, 0) is 68.9 Å². The summed E-state index contributed by atoms with van der Waals surface area (Å²) >= 11 is 0. The highest BCUT2D eigenvalue weighted by Crippen LogP contribution is 2.56. The van der Waals surface area contributed by atoms with Crippen molar-refractivity contribution in [3.8, 4) is 0 Å². The normalized spacial score (nSPS) is 15.2. The first-order valence-corrected chi connectivity index (χ1v) is 15.6. The van der Waals surface area contributed by atoms with E-state index in [4.69, 9.17) is 0 Å². The molecule has 0 N–H and O–H groups in total. The highest BCUT2D eigenvalue weighted by Gasteiger charge is 2.35. The molecule has 1 aliphatic heterocycles. The molecule has 0 radical (unpaired) electrons. The van der Waals surface area contributed by atoms with Crippen LogP contribution in [0.3, 0.4) is 0 Å². The molecule has 1 heterocycles. The molecule has 4 aromatic rings. The minimum Gasteiger partial charge on any atom is -0.302 e. The molecule has 0 spiro atoms. The second-order valence-corrected chi connectivity index (χ2v) is 14.7. The number of hydrogen-bond acceptors (Lipinski definition) is 1. The maximum absolute atomic E-state index is 2.77. The second kappa shape index (κ2) is 12.1. The molecule has 1 saturated heterocycles. The molecule has 1 nitrogen and oxygen atoms in total. The fraction of sp³-hybridized carbons (Fsp3) is 0.250. The Hall–Kier alpha value is -2.30. The van der Waals surface area contributed by atoms with E-state index >= 15 is 0 Å². The van der Waals surface area contributed by atoms with Gasteiger partial charge in [0, 0.05) is 11.9 Å². The van der Waals surface area contributed by atoms with E-state index in [1.807, 2.05) is 0 Å². The Morgan fingerprint density at radius 2 is 0.886 bits per heavy atom. The topological polar surface area (TPSA) is 3.24 Å². The first-order chi connectivity index (χ1) is 17.3. The highest BCUT2D eigenvalue weighted by atomic mass is 31.2. The zero-order valence-electron chi connectivity index (χ0n) is 20.6. The lowest BCUT2D eigenvalue weighted by atomic mass is 9.99. The van der Waals surface area contributed by atoms with Crippen LogP contribution in [0.25, 0.3) is 0 Å². The van der Waals surface area contributed by atoms with Crippen molar-refractivity contribution in [1.82, 2.24) is 4.90 Å². The molecule has 5 rings (SSSR count). The van der Waals surface area contributed by atoms with Gasteiger partial charge >= 0.3 is 0 Å². The molecule has 0 aromatic heterocycles. The molecule has 178 valence electrons. The Bertz CT molecular complexity index is 981. The number of rotatable bonds is 8. The lowest BCUT2D eigenvalue weighted by Crippen LogP contribution is -2.41. The molecule has 0 bridgehead atoms. The van der Waals surface area contributed by atoms with Crippen LogP contribution in [0, 0.1) is 5.92 Å². The van der Waals surface area contributed by atoms with E-state index in [1.54, 1.807) is 0 Å². The van der Waals surface area contributed by atoms with Crippen LogP contribution < -0.4 is 21.2 Å². The fourth-order valence-electron chi connectivity index (χ4n) is 5.10. The summed E-state index contributed by atoms with van der Waals surface area (Å²) in [6, 6.07) is 45.3. The molecular weight excluding hydrogens is 460 g/mol. The van der Waals surface area contributed by atoms with Crippen LogP contribution in [0.1, 0.15) is 19.8 Å². The zero-order valence-corrected chi connectivity index (χ0v) is 22.4. The first kappa shape index (κ1) is 24.4. The van der Waals surface area contributed by atoms with Crippen LogP contribution in [0.2, 0.25) is 0 Å². The van der Waals surface area contributed by atoms with Crippen LogP contribution in [0.15, 0.2) is 121 Å². The third kappa shape index (κ3) is 6.10. The van der Waals surface area contributed by atoms with Crippen molar-refractivity contribution in [3.05, 3.63) is 121 Å². The van der Waals surface area contributed by atoms with E-state index in [0.717, 1.165) is 12.5 Å². The zero-order chi connectivity index (χ0) is 23.9. The first-order valence-electron chi connectivity index (χ1n) is 12.8. The molecule has 1 fully saturated rings. The summed E-state index contributed by atoms with van der Waals surface area (Å²) in [7, 11) is -1.10. The van der Waals surface area contributed by atoms with Crippen molar-refractivity contribution in [2.75, 3.05) is 19.6 Å². The Balaban J connectivity index is 1.66. The van der Waals surface area contributed by atoms with Crippen molar-refractivity contribution in [2.24, 2.45) is 5.92 Å². The Kier molecular flexibility index (Phi) is 8.43. The predicted octanol–water partition coefficient (Wildman–Crippen LogP) is 6.31. The van der Waals surface area contributed by atoms with Gasteiger partial charge in [-0.25, -0.2) is 0 Å². The predicted molar refractivity (Wildman–Crippen MR) is 157 cm³/mol. The van der Waals surface area contributed by atoms with E-state index < -0.39 is 15.8 Å². The van der Waals surface area contributed by atoms with Crippen molar-refractivity contribution < 1.29 is 0 Å². The van der Waals surface area contributed by atoms with Crippen molar-refractivity contribution in [1.29, 1.82) is 0 Å². The number of piperidine rings is 1. The Morgan fingerprint density at radius 1 is 0.571 bits per heavy atom. The molecule has 0 amide bonds. The van der Waals surface area contributed by atoms with E-state index in [-0.39, 0.29) is 0 Å². The third-order valence-electron chi connectivity index (χ3n) is 7.03. The summed E-state index contributed by atoms with van der Waals surface area (Å²) in [5.74, 6) is 0.846. The minimum atomic E-state index is -0.550. The second-order valence-electron chi connectivity index (χ2n) is 9.55. The molecule has 3 heteroatoms. The summed E-state index contributed by atoms with van der Waals surface area (Å²) in [5.41, 5.74) is 0. The van der Waals surface area contributed by atoms with Crippen molar-refractivity contribution in [2.45, 2.75) is 25.2 Å². The summed E-state index contributed by atoms with van der Waals surface area (Å²) in [5, 5.41) is 6.49. The lowest BCUT2D eigenvalue weighted by molar-refractivity contribution is 0.200. The monoisotopic (exact) mass is 495 g/mol. The molecule has 4 aromatic carbocycles. The van der Waals surface area contributed by atoms with Gasteiger partial charge in [-0.3, -0.25) is 0 Å². The van der Waals surface area contributed by atoms with Gasteiger partial charge in [0.25, 0.3) is 0 Å². The van der Waals surface area contributed by atoms with E-state index in [0.29, 0.717) is 5.40 Å². The highest BCUT2D eigenvalue weighted by molar-refractivity contribution is 7.89. The molecular formula is C32H35NP2. The van der Waals surface area contributed by atoms with Crippen molar-refractivity contribution >= 4 is 37.1 Å². The molecule has 0 saturated carbocycles. The molecule has 35 heavy (non-hydrogen) atoms. The lowest BCUT2D eigenvalue weighted by Gasteiger charge is -2.40. The van der Waals surface area contributed by atoms with Crippen LogP contribution in [0.4, 0.5) is 0 Å². The van der Waals surface area contributed by atoms with Crippen LogP contribution >= 0.6 is 15.8 Å². The van der Waals surface area contributed by atoms with Gasteiger partial charge in [-0.2, -0.15) is 0 Å². The number of benzene rings is 4. The molecule has 0 unspecified atom stereocenters. The third-order valence-corrected chi connectivity index (χ3v) is 13.4. The fourth-order valence-corrected chi connectivity index (χ4v) is 12.4. The summed E-state index contributed by atoms with van der Waals surface area (Å²) in [6.45, 7) is 6.00. The standard InChI is InChI=1S/C32H35NP2/c1-27-22-24-33(25-23-27)26-32(34(28-14-6-2-7-15-28)29-16-8-3-9-17-29)35(30-18-10-4-11-19-30)31-20-12-5-13-21-31/h2-21,27,32H,22-26H2,1H3. The summed E-state index contributed by atoms with van der Waals surface area (Å²) in [6.07, 6.45) is 2.63. The number of hydrogen-bond donors (Lipinski definition) is 0. The SMILES string of the molecule is CC1CCN(CC(P(c2ccccc2)c2ccccc2)P(c2ccccc2)c2ccccc2)CC1. The molecule has 0 atom stereocenters. The quantitative estimate of drug-likeness (QED) is 0.259. The smallest absolute Gasteiger partial charge is 0.0282 e. The van der Waals surface area contributed by atoms with Crippen LogP contribution in [-0.4, -0.2) is 29.9 Å². The largest absolute Gasteiger partial charge is 0.302 e. The van der Waals surface area contributed by atoms with Gasteiger partial charge in [-0.1, -0.05) is 128 Å². The Morgan fingerprint density at radius 3 is 1.20 bits per heavy atom. The average molecular weight is 496 g/mol. The van der Waals surface area contributed by atoms with Gasteiger partial charge in [0.2, 0.25) is 0 Å². The molecule has 1 aliphatic rings. The minimum absolute atomic E-state index is 0.531. The van der Waals surface area contributed by atoms with E-state index in [2.05, 4.69) is 133 Å². The van der Waals surface area contributed by atoms with Gasteiger partial charge in [-0.15, -0.1) is 0 Å². The van der Waals surface area contributed by atoms with E-state index in [9.17, 15) is 0 Å². The van der Waals surface area contributed by atoms with E-state index in [1.165, 1.54) is 47.1 Å². The maximum Gasteiger partial charge on any atom is 0.0282 e. The number of nitrogens with zero attached hydrogens (tertiary/aromatic N) is 1. The molecule has 0 aliphatic carbocycles. The maximum atomic E-state index is 2.77. The van der Waals surface area contributed by atoms with Gasteiger partial charge in [0.1, 0.15) is 0 Å². The summed E-state index contributed by atoms with van der Waals surface area (Å²) in [4.78, 5) is 2.77. The van der Waals surface area contributed by atoms with Crippen LogP contribution in [-0.2, 0) is 0 Å². The van der Waals surface area contributed by atoms with Gasteiger partial charge < -0.3 is 4.90 Å². The van der Waals surface area contributed by atoms with Crippen LogP contribution in [0.5, 0.6) is 0 Å².